The van der Waals surface area contributed by atoms with Crippen molar-refractivity contribution in [2.45, 2.75) is 18.9 Å². The highest BCUT2D eigenvalue weighted by atomic mass is 16.5. The molecule has 1 heterocycles. The maximum Gasteiger partial charge on any atom is 0.0613 e. The molecule has 66 valence electrons. The first-order valence-electron chi connectivity index (χ1n) is 4.15. The maximum atomic E-state index is 5.78. The molecule has 3 nitrogen and oxygen atoms in total. The first kappa shape index (κ1) is 8.97. The Labute approximate surface area is 67.9 Å². The van der Waals surface area contributed by atoms with Gasteiger partial charge >= 0.3 is 0 Å². The highest BCUT2D eigenvalue weighted by molar-refractivity contribution is 4.70. The second kappa shape index (κ2) is 4.70. The van der Waals surface area contributed by atoms with Gasteiger partial charge in [-0.15, -0.1) is 0 Å². The molecule has 0 bridgehead atoms. The molecule has 2 N–H and O–H groups in total. The van der Waals surface area contributed by atoms with Crippen molar-refractivity contribution in [1.82, 2.24) is 0 Å². The van der Waals surface area contributed by atoms with E-state index in [0.717, 1.165) is 26.1 Å². The SMILES string of the molecule is COCC(N)CC1CCOC1. The molecule has 1 saturated heterocycles. The van der Waals surface area contributed by atoms with Gasteiger partial charge in [0.05, 0.1) is 6.61 Å². The summed E-state index contributed by atoms with van der Waals surface area (Å²) < 4.78 is 10.2. The first-order valence-corrected chi connectivity index (χ1v) is 4.15. The molecule has 0 spiro atoms. The van der Waals surface area contributed by atoms with Gasteiger partial charge in [-0.1, -0.05) is 0 Å². The fourth-order valence-electron chi connectivity index (χ4n) is 1.48. The van der Waals surface area contributed by atoms with E-state index in [1.807, 2.05) is 0 Å². The molecule has 2 atom stereocenters. The van der Waals surface area contributed by atoms with Crippen molar-refractivity contribution in [3.8, 4) is 0 Å². The largest absolute Gasteiger partial charge is 0.383 e. The molecule has 0 saturated carbocycles. The number of hydrogen-bond donors (Lipinski definition) is 1. The van der Waals surface area contributed by atoms with E-state index in [1.165, 1.54) is 0 Å². The second-order valence-electron chi connectivity index (χ2n) is 3.18. The van der Waals surface area contributed by atoms with Crippen LogP contribution in [0, 0.1) is 5.92 Å². The minimum atomic E-state index is 0.187. The first-order chi connectivity index (χ1) is 5.33. The summed E-state index contributed by atoms with van der Waals surface area (Å²) in [6, 6.07) is 0.187. The number of rotatable bonds is 4. The lowest BCUT2D eigenvalue weighted by atomic mass is 10.0. The molecule has 0 radical (unpaired) electrons. The summed E-state index contributed by atoms with van der Waals surface area (Å²) in [5.74, 6) is 0.667. The van der Waals surface area contributed by atoms with Gasteiger partial charge in [0.1, 0.15) is 0 Å². The number of methoxy groups -OCH3 is 1. The normalized spacial score (nSPS) is 27.3. The Bertz CT molecular complexity index is 102. The lowest BCUT2D eigenvalue weighted by Gasteiger charge is -2.13. The van der Waals surface area contributed by atoms with Crippen molar-refractivity contribution in [2.75, 3.05) is 26.9 Å². The minimum absolute atomic E-state index is 0.187. The fraction of sp³-hybridized carbons (Fsp3) is 1.00. The second-order valence-corrected chi connectivity index (χ2v) is 3.18. The lowest BCUT2D eigenvalue weighted by Crippen LogP contribution is -2.28. The molecule has 1 rings (SSSR count). The van der Waals surface area contributed by atoms with Gasteiger partial charge in [-0.25, -0.2) is 0 Å². The standard InChI is InChI=1S/C8H17NO2/c1-10-6-8(9)4-7-2-3-11-5-7/h7-8H,2-6,9H2,1H3. The molecule has 1 aliphatic heterocycles. The van der Waals surface area contributed by atoms with Gasteiger partial charge < -0.3 is 15.2 Å². The van der Waals surface area contributed by atoms with E-state index >= 15 is 0 Å². The summed E-state index contributed by atoms with van der Waals surface area (Å²) in [7, 11) is 1.69. The third-order valence-corrected chi connectivity index (χ3v) is 2.04. The molecule has 0 aromatic heterocycles. The summed E-state index contributed by atoms with van der Waals surface area (Å²) in [5.41, 5.74) is 5.78. The van der Waals surface area contributed by atoms with Crippen molar-refractivity contribution in [3.05, 3.63) is 0 Å². The zero-order chi connectivity index (χ0) is 8.10. The van der Waals surface area contributed by atoms with Crippen LogP contribution in [0.4, 0.5) is 0 Å². The average molecular weight is 159 g/mol. The Hall–Kier alpha value is -0.120. The molecular weight excluding hydrogens is 142 g/mol. The quantitative estimate of drug-likeness (QED) is 0.645. The van der Waals surface area contributed by atoms with E-state index in [9.17, 15) is 0 Å². The number of nitrogens with two attached hydrogens (primary N) is 1. The Morgan fingerprint density at radius 2 is 2.55 bits per heavy atom. The van der Waals surface area contributed by atoms with Gasteiger partial charge in [-0.2, -0.15) is 0 Å². The van der Waals surface area contributed by atoms with Crippen LogP contribution < -0.4 is 5.73 Å². The Kier molecular flexibility index (Phi) is 3.83. The van der Waals surface area contributed by atoms with E-state index in [2.05, 4.69) is 0 Å². The molecule has 2 unspecified atom stereocenters. The summed E-state index contributed by atoms with van der Waals surface area (Å²) in [4.78, 5) is 0. The van der Waals surface area contributed by atoms with Gasteiger partial charge in [-0.05, 0) is 18.8 Å². The predicted octanol–water partition coefficient (Wildman–Crippen LogP) is 0.387. The summed E-state index contributed by atoms with van der Waals surface area (Å²) >= 11 is 0. The van der Waals surface area contributed by atoms with Crippen LogP contribution in [-0.4, -0.2) is 33.0 Å². The summed E-state index contributed by atoms with van der Waals surface area (Å²) in [5, 5.41) is 0. The molecule has 11 heavy (non-hydrogen) atoms. The Morgan fingerprint density at radius 3 is 3.09 bits per heavy atom. The van der Waals surface area contributed by atoms with Crippen molar-refractivity contribution < 1.29 is 9.47 Å². The van der Waals surface area contributed by atoms with E-state index in [4.69, 9.17) is 15.2 Å². The molecule has 0 aliphatic carbocycles. The maximum absolute atomic E-state index is 5.78. The van der Waals surface area contributed by atoms with Crippen LogP contribution in [0.5, 0.6) is 0 Å². The van der Waals surface area contributed by atoms with Crippen molar-refractivity contribution >= 4 is 0 Å². The lowest BCUT2D eigenvalue weighted by molar-refractivity contribution is 0.157. The molecule has 3 heteroatoms. The minimum Gasteiger partial charge on any atom is -0.383 e. The van der Waals surface area contributed by atoms with Gasteiger partial charge in [0.2, 0.25) is 0 Å². The van der Waals surface area contributed by atoms with Crippen LogP contribution in [-0.2, 0) is 9.47 Å². The molecule has 0 aromatic carbocycles. The smallest absolute Gasteiger partial charge is 0.0613 e. The van der Waals surface area contributed by atoms with Crippen LogP contribution in [0.1, 0.15) is 12.8 Å². The summed E-state index contributed by atoms with van der Waals surface area (Å²) in [6.45, 7) is 2.46. The molecule has 0 amide bonds. The fourth-order valence-corrected chi connectivity index (χ4v) is 1.48. The Balaban J connectivity index is 2.08. The van der Waals surface area contributed by atoms with Crippen LogP contribution in [0.25, 0.3) is 0 Å². The average Bonchev–Trinajstić information content (AvgIpc) is 2.40. The monoisotopic (exact) mass is 159 g/mol. The van der Waals surface area contributed by atoms with Crippen molar-refractivity contribution in [3.63, 3.8) is 0 Å². The van der Waals surface area contributed by atoms with Gasteiger partial charge in [0.25, 0.3) is 0 Å². The van der Waals surface area contributed by atoms with Gasteiger partial charge in [0.15, 0.2) is 0 Å². The Morgan fingerprint density at radius 1 is 1.73 bits per heavy atom. The zero-order valence-corrected chi connectivity index (χ0v) is 7.08. The van der Waals surface area contributed by atoms with Crippen LogP contribution in [0.15, 0.2) is 0 Å². The van der Waals surface area contributed by atoms with Crippen LogP contribution >= 0.6 is 0 Å². The van der Waals surface area contributed by atoms with Gasteiger partial charge in [0, 0.05) is 26.4 Å². The number of ether oxygens (including phenoxy) is 2. The molecule has 0 aromatic rings. The highest BCUT2D eigenvalue weighted by Gasteiger charge is 2.18. The predicted molar refractivity (Wildman–Crippen MR) is 43.4 cm³/mol. The van der Waals surface area contributed by atoms with Crippen molar-refractivity contribution in [1.29, 1.82) is 0 Å². The van der Waals surface area contributed by atoms with E-state index in [0.29, 0.717) is 12.5 Å². The molecule has 1 fully saturated rings. The van der Waals surface area contributed by atoms with E-state index < -0.39 is 0 Å². The topological polar surface area (TPSA) is 44.5 Å². The van der Waals surface area contributed by atoms with Crippen LogP contribution in [0.3, 0.4) is 0 Å². The summed E-state index contributed by atoms with van der Waals surface area (Å²) in [6.07, 6.45) is 2.20. The third kappa shape index (κ3) is 3.18. The number of hydrogen-bond acceptors (Lipinski definition) is 3. The van der Waals surface area contributed by atoms with Gasteiger partial charge in [-0.3, -0.25) is 0 Å². The highest BCUT2D eigenvalue weighted by Crippen LogP contribution is 2.17. The van der Waals surface area contributed by atoms with Crippen molar-refractivity contribution in [2.24, 2.45) is 11.7 Å². The molecule has 1 aliphatic rings. The van der Waals surface area contributed by atoms with E-state index in [1.54, 1.807) is 7.11 Å². The third-order valence-electron chi connectivity index (χ3n) is 2.04. The van der Waals surface area contributed by atoms with Crippen LogP contribution in [0.2, 0.25) is 0 Å². The molecular formula is C8H17NO2. The van der Waals surface area contributed by atoms with E-state index in [-0.39, 0.29) is 6.04 Å². The zero-order valence-electron chi connectivity index (χ0n) is 7.08.